The van der Waals surface area contributed by atoms with Gasteiger partial charge in [0.2, 0.25) is 0 Å². The van der Waals surface area contributed by atoms with Gasteiger partial charge in [0.05, 0.1) is 0 Å². The molecule has 2 bridgehead atoms. The summed E-state index contributed by atoms with van der Waals surface area (Å²) in [5, 5.41) is 0. The number of likely N-dealkylation sites (tertiary alicyclic amines) is 1. The largest absolute Gasteiger partial charge is 0.414 e. The first-order valence-corrected chi connectivity index (χ1v) is 9.92. The Kier molecular flexibility index (Phi) is 6.02. The molecule has 0 radical (unpaired) electrons. The van der Waals surface area contributed by atoms with Gasteiger partial charge >= 0.3 is 6.09 Å². The van der Waals surface area contributed by atoms with Crippen molar-refractivity contribution in [3.8, 4) is 5.75 Å². The first kappa shape index (κ1) is 20.4. The van der Waals surface area contributed by atoms with Gasteiger partial charge in [-0.1, -0.05) is 25.0 Å². The van der Waals surface area contributed by atoms with Crippen LogP contribution in [0.2, 0.25) is 0 Å². The number of fused-ring (bicyclic) bond motifs is 1. The molecule has 3 atom stereocenters. The second-order valence-electron chi connectivity index (χ2n) is 8.39. The van der Waals surface area contributed by atoms with Crippen LogP contribution in [0.4, 0.5) is 4.79 Å². The SMILES string of the molecule is Br.C=CCN1CC[C@@]23CCCC[C@H]2[C@@H]1Cc1ccc(OC(=O)N(C)C)cc13. The van der Waals surface area contributed by atoms with E-state index in [0.717, 1.165) is 25.4 Å². The zero-order valence-electron chi connectivity index (χ0n) is 16.4. The first-order chi connectivity index (χ1) is 12.5. The van der Waals surface area contributed by atoms with Crippen molar-refractivity contribution in [2.24, 2.45) is 5.92 Å². The van der Waals surface area contributed by atoms with E-state index in [1.54, 1.807) is 14.1 Å². The first-order valence-electron chi connectivity index (χ1n) is 9.92. The molecule has 0 spiro atoms. The summed E-state index contributed by atoms with van der Waals surface area (Å²) in [7, 11) is 3.44. The lowest BCUT2D eigenvalue weighted by Crippen LogP contribution is -2.60. The number of piperidine rings is 1. The van der Waals surface area contributed by atoms with Gasteiger partial charge < -0.3 is 9.64 Å². The maximum Gasteiger partial charge on any atom is 0.414 e. The minimum Gasteiger partial charge on any atom is -0.410 e. The molecule has 2 fully saturated rings. The molecule has 2 aliphatic carbocycles. The smallest absolute Gasteiger partial charge is 0.410 e. The normalized spacial score (nSPS) is 29.0. The van der Waals surface area contributed by atoms with E-state index in [-0.39, 0.29) is 28.5 Å². The van der Waals surface area contributed by atoms with Crippen LogP contribution in [-0.2, 0) is 11.8 Å². The van der Waals surface area contributed by atoms with Crippen LogP contribution < -0.4 is 4.74 Å². The number of carbonyl (C=O) groups is 1. The van der Waals surface area contributed by atoms with Gasteiger partial charge in [0, 0.05) is 32.1 Å². The highest BCUT2D eigenvalue weighted by molar-refractivity contribution is 8.93. The molecule has 1 heterocycles. The van der Waals surface area contributed by atoms with E-state index in [1.165, 1.54) is 48.1 Å². The zero-order chi connectivity index (χ0) is 18.3. The lowest BCUT2D eigenvalue weighted by Gasteiger charge is -2.59. The maximum atomic E-state index is 12.0. The van der Waals surface area contributed by atoms with Crippen molar-refractivity contribution in [2.45, 2.75) is 50.0 Å². The summed E-state index contributed by atoms with van der Waals surface area (Å²) in [6, 6.07) is 6.97. The van der Waals surface area contributed by atoms with Gasteiger partial charge in [0.25, 0.3) is 0 Å². The van der Waals surface area contributed by atoms with E-state index >= 15 is 0 Å². The van der Waals surface area contributed by atoms with Crippen LogP contribution in [0.1, 0.15) is 43.2 Å². The van der Waals surface area contributed by atoms with Crippen LogP contribution in [-0.4, -0.2) is 49.1 Å². The van der Waals surface area contributed by atoms with E-state index in [2.05, 4.69) is 29.7 Å². The van der Waals surface area contributed by atoms with E-state index in [4.69, 9.17) is 4.74 Å². The summed E-state index contributed by atoms with van der Waals surface area (Å²) in [5.41, 5.74) is 3.18. The molecule has 148 valence electrons. The Morgan fingerprint density at radius 3 is 2.93 bits per heavy atom. The highest BCUT2D eigenvalue weighted by Crippen LogP contribution is 2.56. The summed E-state index contributed by atoms with van der Waals surface area (Å²) < 4.78 is 5.58. The lowest BCUT2D eigenvalue weighted by molar-refractivity contribution is -0.00517. The Morgan fingerprint density at radius 2 is 2.19 bits per heavy atom. The Bertz CT molecular complexity index is 720. The molecule has 1 amide bonds. The number of hydrogen-bond donors (Lipinski definition) is 0. The zero-order valence-corrected chi connectivity index (χ0v) is 18.2. The fraction of sp³-hybridized carbons (Fsp3) is 0.591. The van der Waals surface area contributed by atoms with Crippen LogP contribution in [0, 0.1) is 5.92 Å². The molecular weight excluding hydrogens is 404 g/mol. The summed E-state index contributed by atoms with van der Waals surface area (Å²) in [4.78, 5) is 16.1. The third kappa shape index (κ3) is 3.44. The number of rotatable bonds is 3. The van der Waals surface area contributed by atoms with E-state index in [1.807, 2.05) is 6.07 Å². The van der Waals surface area contributed by atoms with Crippen molar-refractivity contribution in [3.63, 3.8) is 0 Å². The fourth-order valence-corrected chi connectivity index (χ4v) is 5.71. The quantitative estimate of drug-likeness (QED) is 0.653. The molecule has 0 unspecified atom stereocenters. The molecule has 1 saturated carbocycles. The van der Waals surface area contributed by atoms with Gasteiger partial charge in [0.15, 0.2) is 0 Å². The van der Waals surface area contributed by atoms with Gasteiger partial charge in [-0.05, 0) is 61.4 Å². The summed E-state index contributed by atoms with van der Waals surface area (Å²) in [6.45, 7) is 6.10. The van der Waals surface area contributed by atoms with Crippen LogP contribution in [0.15, 0.2) is 30.9 Å². The minimum atomic E-state index is -0.308. The average Bonchev–Trinajstić information content (AvgIpc) is 2.64. The molecule has 3 aliphatic rings. The van der Waals surface area contributed by atoms with Gasteiger partial charge in [-0.2, -0.15) is 0 Å². The summed E-state index contributed by atoms with van der Waals surface area (Å²) >= 11 is 0. The maximum absolute atomic E-state index is 12.0. The third-order valence-corrected chi connectivity index (χ3v) is 6.86. The Balaban J connectivity index is 0.00000210. The third-order valence-electron chi connectivity index (χ3n) is 6.86. The topological polar surface area (TPSA) is 32.8 Å². The molecule has 27 heavy (non-hydrogen) atoms. The molecular formula is C22H31BrN2O2. The molecule has 0 N–H and O–H groups in total. The standard InChI is InChI=1S/C22H30N2O2.BrH/c1-4-12-24-13-11-22-10-6-5-7-18(22)20(24)14-16-8-9-17(15-19(16)22)26-21(25)23(2)3;/h4,8-9,15,18,20H,1,5-7,10-14H2,2-3H3;1H/t18-,20-,22-;/m0./s1. The fourth-order valence-electron chi connectivity index (χ4n) is 5.71. The molecule has 5 heteroatoms. The van der Waals surface area contributed by atoms with E-state index in [9.17, 15) is 4.79 Å². The number of nitrogens with zero attached hydrogens (tertiary/aromatic N) is 2. The van der Waals surface area contributed by atoms with Gasteiger partial charge in [-0.25, -0.2) is 4.79 Å². The second-order valence-corrected chi connectivity index (χ2v) is 8.39. The van der Waals surface area contributed by atoms with Gasteiger partial charge in [0.1, 0.15) is 5.75 Å². The van der Waals surface area contributed by atoms with E-state index < -0.39 is 0 Å². The van der Waals surface area contributed by atoms with Crippen LogP contribution in [0.5, 0.6) is 5.75 Å². The minimum absolute atomic E-state index is 0. The van der Waals surface area contributed by atoms with Crippen LogP contribution >= 0.6 is 17.0 Å². The van der Waals surface area contributed by atoms with Gasteiger partial charge in [-0.3, -0.25) is 4.90 Å². The molecule has 0 aromatic heterocycles. The monoisotopic (exact) mass is 434 g/mol. The van der Waals surface area contributed by atoms with Gasteiger partial charge in [-0.15, -0.1) is 23.6 Å². The molecule has 1 saturated heterocycles. The highest BCUT2D eigenvalue weighted by atomic mass is 79.9. The average molecular weight is 435 g/mol. The van der Waals surface area contributed by atoms with Crippen molar-refractivity contribution >= 4 is 23.1 Å². The van der Waals surface area contributed by atoms with Crippen molar-refractivity contribution in [1.82, 2.24) is 9.80 Å². The summed E-state index contributed by atoms with van der Waals surface area (Å²) in [5.74, 6) is 1.41. The number of carbonyl (C=O) groups excluding carboxylic acids is 1. The van der Waals surface area contributed by atoms with Crippen molar-refractivity contribution in [2.75, 3.05) is 27.2 Å². The Morgan fingerprint density at radius 1 is 1.37 bits per heavy atom. The number of hydrogen-bond acceptors (Lipinski definition) is 3. The molecule has 4 rings (SSSR count). The lowest BCUT2D eigenvalue weighted by atomic mass is 9.52. The molecule has 1 aromatic rings. The number of ether oxygens (including phenoxy) is 1. The summed E-state index contributed by atoms with van der Waals surface area (Å²) in [6.07, 6.45) is 9.30. The van der Waals surface area contributed by atoms with Crippen molar-refractivity contribution in [1.29, 1.82) is 0 Å². The predicted octanol–water partition coefficient (Wildman–Crippen LogP) is 4.57. The van der Waals surface area contributed by atoms with Crippen LogP contribution in [0.3, 0.4) is 0 Å². The van der Waals surface area contributed by atoms with Crippen molar-refractivity contribution in [3.05, 3.63) is 42.0 Å². The van der Waals surface area contributed by atoms with Crippen molar-refractivity contribution < 1.29 is 9.53 Å². The molecule has 4 nitrogen and oxygen atoms in total. The Hall–Kier alpha value is -1.33. The number of benzene rings is 1. The highest BCUT2D eigenvalue weighted by Gasteiger charge is 2.53. The van der Waals surface area contributed by atoms with E-state index in [0.29, 0.717) is 11.8 Å². The molecule has 1 aromatic carbocycles. The van der Waals surface area contributed by atoms with Crippen LogP contribution in [0.25, 0.3) is 0 Å². The molecule has 1 aliphatic heterocycles. The second kappa shape index (κ2) is 7.96. The predicted molar refractivity (Wildman–Crippen MR) is 114 cm³/mol. The number of halogens is 1. The Labute approximate surface area is 173 Å². The number of amides is 1.